The van der Waals surface area contributed by atoms with Crippen molar-refractivity contribution in [1.29, 1.82) is 0 Å². The Kier molecular flexibility index (Phi) is 6.55. The van der Waals surface area contributed by atoms with E-state index >= 15 is 0 Å². The van der Waals surface area contributed by atoms with Crippen LogP contribution in [0.3, 0.4) is 0 Å². The Labute approximate surface area is 169 Å². The normalized spacial score (nSPS) is 18.4. The molecule has 1 fully saturated rings. The number of hydrogen-bond acceptors (Lipinski definition) is 3. The van der Waals surface area contributed by atoms with Crippen molar-refractivity contribution >= 4 is 34.8 Å². The highest BCUT2D eigenvalue weighted by molar-refractivity contribution is 7.10. The van der Waals surface area contributed by atoms with Crippen LogP contribution in [0.2, 0.25) is 5.02 Å². The predicted molar refractivity (Wildman–Crippen MR) is 110 cm³/mol. The fourth-order valence-electron chi connectivity index (χ4n) is 3.46. The van der Waals surface area contributed by atoms with Crippen LogP contribution in [0, 0.1) is 11.8 Å². The molecule has 1 aliphatic rings. The van der Waals surface area contributed by atoms with E-state index in [4.69, 9.17) is 11.6 Å². The van der Waals surface area contributed by atoms with Crippen LogP contribution in [0.5, 0.6) is 0 Å². The van der Waals surface area contributed by atoms with Gasteiger partial charge < -0.3 is 10.2 Å². The van der Waals surface area contributed by atoms with Gasteiger partial charge in [-0.2, -0.15) is 0 Å². The summed E-state index contributed by atoms with van der Waals surface area (Å²) in [6, 6.07) is 11.0. The molecule has 1 aromatic carbocycles. The first kappa shape index (κ1) is 19.9. The van der Waals surface area contributed by atoms with Gasteiger partial charge >= 0.3 is 0 Å². The zero-order valence-corrected chi connectivity index (χ0v) is 17.2. The number of carbonyl (C=O) groups excluding carboxylic acids is 2. The van der Waals surface area contributed by atoms with E-state index in [1.165, 1.54) is 4.88 Å². The Bertz CT molecular complexity index is 774. The number of thiophene rings is 1. The lowest BCUT2D eigenvalue weighted by Gasteiger charge is -2.33. The largest absolute Gasteiger partial charge is 0.348 e. The molecule has 0 saturated carbocycles. The summed E-state index contributed by atoms with van der Waals surface area (Å²) in [6.45, 7) is 5.37. The van der Waals surface area contributed by atoms with E-state index in [1.54, 1.807) is 40.5 Å². The lowest BCUT2D eigenvalue weighted by molar-refractivity contribution is -0.127. The van der Waals surface area contributed by atoms with Gasteiger partial charge in [0, 0.05) is 28.6 Å². The molecule has 0 bridgehead atoms. The van der Waals surface area contributed by atoms with Gasteiger partial charge in [0.1, 0.15) is 0 Å². The minimum atomic E-state index is -0.170. The Morgan fingerprint density at radius 2 is 1.96 bits per heavy atom. The third-order valence-corrected chi connectivity index (χ3v) is 6.19. The first-order chi connectivity index (χ1) is 13.0. The molecule has 0 aliphatic carbocycles. The number of nitrogens with one attached hydrogen (secondary N) is 1. The van der Waals surface area contributed by atoms with E-state index in [-0.39, 0.29) is 23.8 Å². The first-order valence-corrected chi connectivity index (χ1v) is 10.6. The molecule has 1 N–H and O–H groups in total. The molecular weight excluding hydrogens is 380 g/mol. The smallest absolute Gasteiger partial charge is 0.253 e. The number of nitrogens with zero attached hydrogens (tertiary/aromatic N) is 1. The van der Waals surface area contributed by atoms with Crippen molar-refractivity contribution in [2.75, 3.05) is 13.1 Å². The molecule has 4 nitrogen and oxygen atoms in total. The molecular formula is C21H25ClN2O2S. The van der Waals surface area contributed by atoms with Crippen LogP contribution in [0.25, 0.3) is 0 Å². The van der Waals surface area contributed by atoms with E-state index in [0.29, 0.717) is 29.6 Å². The van der Waals surface area contributed by atoms with Crippen molar-refractivity contribution in [3.63, 3.8) is 0 Å². The molecule has 6 heteroatoms. The van der Waals surface area contributed by atoms with Gasteiger partial charge in [-0.1, -0.05) is 31.5 Å². The van der Waals surface area contributed by atoms with Crippen molar-refractivity contribution in [2.45, 2.75) is 32.7 Å². The number of piperidine rings is 1. The maximum absolute atomic E-state index is 12.9. The summed E-state index contributed by atoms with van der Waals surface area (Å²) in [6.07, 6.45) is 1.65. The molecule has 144 valence electrons. The van der Waals surface area contributed by atoms with Crippen molar-refractivity contribution < 1.29 is 9.59 Å². The number of halogens is 1. The highest BCUT2D eigenvalue weighted by Gasteiger charge is 2.31. The second-order valence-electron chi connectivity index (χ2n) is 7.34. The molecule has 2 heterocycles. The minimum absolute atomic E-state index is 0.0137. The fourth-order valence-corrected chi connectivity index (χ4v) is 4.53. The Hall–Kier alpha value is -1.85. The van der Waals surface area contributed by atoms with Crippen molar-refractivity contribution in [3.8, 4) is 0 Å². The highest BCUT2D eigenvalue weighted by Crippen LogP contribution is 2.27. The predicted octanol–water partition coefficient (Wildman–Crippen LogP) is 4.77. The van der Waals surface area contributed by atoms with Crippen LogP contribution < -0.4 is 5.32 Å². The Balaban J connectivity index is 1.65. The van der Waals surface area contributed by atoms with E-state index in [0.717, 1.165) is 12.8 Å². The molecule has 1 saturated heterocycles. The molecule has 2 atom stereocenters. The maximum atomic E-state index is 12.9. The summed E-state index contributed by atoms with van der Waals surface area (Å²) < 4.78 is 0. The Morgan fingerprint density at radius 1 is 1.22 bits per heavy atom. The molecule has 2 amide bonds. The third-order valence-electron chi connectivity index (χ3n) is 4.98. The van der Waals surface area contributed by atoms with Crippen molar-refractivity contribution in [1.82, 2.24) is 10.2 Å². The quantitative estimate of drug-likeness (QED) is 0.780. The van der Waals surface area contributed by atoms with Gasteiger partial charge in [-0.3, -0.25) is 9.59 Å². The third kappa shape index (κ3) is 4.90. The molecule has 2 unspecified atom stereocenters. The maximum Gasteiger partial charge on any atom is 0.253 e. The van der Waals surface area contributed by atoms with Crippen molar-refractivity contribution in [2.24, 2.45) is 11.8 Å². The highest BCUT2D eigenvalue weighted by atomic mass is 35.5. The van der Waals surface area contributed by atoms with Gasteiger partial charge in [-0.05, 0) is 54.5 Å². The second-order valence-corrected chi connectivity index (χ2v) is 8.76. The molecule has 0 spiro atoms. The molecule has 2 aromatic rings. The zero-order valence-electron chi connectivity index (χ0n) is 15.7. The van der Waals surface area contributed by atoms with Gasteiger partial charge in [0.25, 0.3) is 5.91 Å². The number of likely N-dealkylation sites (tertiary alicyclic amines) is 1. The lowest BCUT2D eigenvalue weighted by atomic mass is 9.94. The summed E-state index contributed by atoms with van der Waals surface area (Å²) in [4.78, 5) is 28.6. The van der Waals surface area contributed by atoms with E-state index in [2.05, 4.69) is 25.2 Å². The summed E-state index contributed by atoms with van der Waals surface area (Å²) in [5.41, 5.74) is 0.610. The summed E-state index contributed by atoms with van der Waals surface area (Å²) in [5.74, 6) is 0.137. The van der Waals surface area contributed by atoms with Crippen LogP contribution in [0.1, 0.15) is 48.0 Å². The average molecular weight is 405 g/mol. The van der Waals surface area contributed by atoms with Gasteiger partial charge in [0.05, 0.1) is 12.0 Å². The first-order valence-electron chi connectivity index (χ1n) is 9.34. The van der Waals surface area contributed by atoms with Gasteiger partial charge in [0.15, 0.2) is 0 Å². The topological polar surface area (TPSA) is 49.4 Å². The van der Waals surface area contributed by atoms with Gasteiger partial charge in [0.2, 0.25) is 5.91 Å². The summed E-state index contributed by atoms with van der Waals surface area (Å²) in [7, 11) is 0. The number of rotatable bonds is 5. The number of benzene rings is 1. The monoisotopic (exact) mass is 404 g/mol. The average Bonchev–Trinajstić information content (AvgIpc) is 3.20. The van der Waals surface area contributed by atoms with Crippen LogP contribution in [-0.4, -0.2) is 29.8 Å². The second kappa shape index (κ2) is 8.89. The van der Waals surface area contributed by atoms with Crippen LogP contribution in [-0.2, 0) is 4.79 Å². The lowest BCUT2D eigenvalue weighted by Crippen LogP contribution is -2.46. The Morgan fingerprint density at radius 3 is 2.59 bits per heavy atom. The van der Waals surface area contributed by atoms with Crippen molar-refractivity contribution in [3.05, 3.63) is 57.2 Å². The zero-order chi connectivity index (χ0) is 19.4. The van der Waals surface area contributed by atoms with Crippen LogP contribution in [0.4, 0.5) is 0 Å². The van der Waals surface area contributed by atoms with Crippen LogP contribution >= 0.6 is 22.9 Å². The fraction of sp³-hybridized carbons (Fsp3) is 0.429. The molecule has 27 heavy (non-hydrogen) atoms. The van der Waals surface area contributed by atoms with E-state index in [9.17, 15) is 9.59 Å². The van der Waals surface area contributed by atoms with Gasteiger partial charge in [-0.15, -0.1) is 11.3 Å². The van der Waals surface area contributed by atoms with Gasteiger partial charge in [-0.25, -0.2) is 0 Å². The standard InChI is InChI=1S/C21H25ClN2O2S/c1-14(2)19(18-6-4-12-27-18)23-20(25)16-5-3-11-24(13-16)21(26)15-7-9-17(22)10-8-15/h4,6-10,12,14,16,19H,3,5,11,13H2,1-2H3,(H,23,25). The molecule has 1 aliphatic heterocycles. The molecule has 0 radical (unpaired) electrons. The van der Waals surface area contributed by atoms with E-state index in [1.807, 2.05) is 11.4 Å². The van der Waals surface area contributed by atoms with Crippen LogP contribution in [0.15, 0.2) is 41.8 Å². The summed E-state index contributed by atoms with van der Waals surface area (Å²) >= 11 is 7.57. The number of carbonyl (C=O) groups is 2. The summed E-state index contributed by atoms with van der Waals surface area (Å²) in [5, 5.41) is 5.85. The minimum Gasteiger partial charge on any atom is -0.348 e. The number of hydrogen-bond donors (Lipinski definition) is 1. The molecule has 1 aromatic heterocycles. The molecule has 3 rings (SSSR count). The van der Waals surface area contributed by atoms with E-state index < -0.39 is 0 Å². The number of amides is 2. The SMILES string of the molecule is CC(C)C(NC(=O)C1CCCN(C(=O)c2ccc(Cl)cc2)C1)c1cccs1.